The Balaban J connectivity index is 1.78. The first-order valence-corrected chi connectivity index (χ1v) is 11.5. The van der Waals surface area contributed by atoms with E-state index in [9.17, 15) is 4.39 Å². The van der Waals surface area contributed by atoms with E-state index in [4.69, 9.17) is 10.1 Å². The summed E-state index contributed by atoms with van der Waals surface area (Å²) in [4.78, 5) is 9.35. The molecule has 0 saturated heterocycles. The molecule has 0 aliphatic rings. The Bertz CT molecular complexity index is 1170. The summed E-state index contributed by atoms with van der Waals surface area (Å²) in [6.45, 7) is 10.3. The third-order valence-corrected chi connectivity index (χ3v) is 6.79. The smallest absolute Gasteiger partial charge is 0.211 e. The number of aromatic nitrogens is 4. The Kier molecular flexibility index (Phi) is 5.75. The average Bonchev–Trinajstić information content (AvgIpc) is 3.25. The summed E-state index contributed by atoms with van der Waals surface area (Å²) in [5.41, 5.74) is 6.87. The maximum Gasteiger partial charge on any atom is 0.211 e. The van der Waals surface area contributed by atoms with Crippen LogP contribution in [0.5, 0.6) is 0 Å². The van der Waals surface area contributed by atoms with Crippen LogP contribution in [-0.2, 0) is 0 Å². The number of hydrogen-bond acceptors (Lipinski definition) is 5. The molecule has 0 atom stereocenters. The van der Waals surface area contributed by atoms with E-state index >= 15 is 0 Å². The molecule has 154 valence electrons. The fourth-order valence-corrected chi connectivity index (χ4v) is 5.76. The van der Waals surface area contributed by atoms with Gasteiger partial charge in [0.1, 0.15) is 5.82 Å². The highest BCUT2D eigenvalue weighted by Gasteiger charge is 2.18. The molecule has 0 unspecified atom stereocenters. The number of benzene rings is 1. The van der Waals surface area contributed by atoms with Crippen molar-refractivity contribution in [2.75, 3.05) is 0 Å². The van der Waals surface area contributed by atoms with Crippen molar-refractivity contribution in [1.29, 1.82) is 0 Å². The Morgan fingerprint density at radius 2 is 1.63 bits per heavy atom. The highest BCUT2D eigenvalue weighted by Crippen LogP contribution is 2.40. The van der Waals surface area contributed by atoms with Crippen molar-refractivity contribution in [2.24, 2.45) is 0 Å². The van der Waals surface area contributed by atoms with E-state index < -0.39 is 0 Å². The van der Waals surface area contributed by atoms with Gasteiger partial charge in [0.05, 0.1) is 15.6 Å². The highest BCUT2D eigenvalue weighted by molar-refractivity contribution is 8.01. The molecule has 0 saturated carbocycles. The predicted octanol–water partition coefficient (Wildman–Crippen LogP) is 6.62. The molecule has 0 spiro atoms. The number of pyridine rings is 1. The first kappa shape index (κ1) is 20.8. The molecule has 0 aliphatic heterocycles. The van der Waals surface area contributed by atoms with Gasteiger partial charge in [-0.05, 0) is 62.7 Å². The van der Waals surface area contributed by atoms with Crippen LogP contribution in [0.4, 0.5) is 4.39 Å². The van der Waals surface area contributed by atoms with Crippen molar-refractivity contribution in [2.45, 2.75) is 44.1 Å². The second kappa shape index (κ2) is 8.32. The number of aryl methyl sites for hydroxylation is 3. The molecule has 0 radical (unpaired) electrons. The van der Waals surface area contributed by atoms with Crippen molar-refractivity contribution in [1.82, 2.24) is 19.7 Å². The first-order chi connectivity index (χ1) is 14.3. The molecule has 3 heterocycles. The van der Waals surface area contributed by atoms with Crippen molar-refractivity contribution in [3.63, 3.8) is 0 Å². The summed E-state index contributed by atoms with van der Waals surface area (Å²) in [6, 6.07) is 10.7. The second-order valence-corrected chi connectivity index (χ2v) is 10.3. The van der Waals surface area contributed by atoms with Gasteiger partial charge in [-0.15, -0.1) is 11.8 Å². The molecular formula is C23H23FN4S2. The number of nitrogens with zero attached hydrogens (tertiary/aromatic N) is 4. The normalized spacial score (nSPS) is 11.4. The molecular weight excluding hydrogens is 415 g/mol. The number of thioether (sulfide) groups is 1. The molecule has 0 aliphatic carbocycles. The van der Waals surface area contributed by atoms with Crippen LogP contribution in [0.1, 0.15) is 30.9 Å². The lowest BCUT2D eigenvalue weighted by molar-refractivity contribution is 0.628. The summed E-state index contributed by atoms with van der Waals surface area (Å²) in [5, 5.41) is 5.95. The van der Waals surface area contributed by atoms with Gasteiger partial charge in [0.2, 0.25) is 5.13 Å². The molecule has 0 N–H and O–H groups in total. The van der Waals surface area contributed by atoms with E-state index in [0.29, 0.717) is 5.25 Å². The molecule has 3 aromatic heterocycles. The van der Waals surface area contributed by atoms with Gasteiger partial charge in [0.15, 0.2) is 0 Å². The summed E-state index contributed by atoms with van der Waals surface area (Å²) in [5.74, 6) is -0.248. The second-order valence-electron chi connectivity index (χ2n) is 7.52. The van der Waals surface area contributed by atoms with Gasteiger partial charge in [-0.2, -0.15) is 5.10 Å². The minimum absolute atomic E-state index is 0.248. The Morgan fingerprint density at radius 1 is 0.967 bits per heavy atom. The molecule has 0 amide bonds. The topological polar surface area (TPSA) is 43.6 Å². The largest absolute Gasteiger partial charge is 0.258 e. The lowest BCUT2D eigenvalue weighted by Gasteiger charge is -2.04. The third kappa shape index (κ3) is 4.32. The van der Waals surface area contributed by atoms with Crippen molar-refractivity contribution in [3.05, 3.63) is 65.5 Å². The van der Waals surface area contributed by atoms with Gasteiger partial charge < -0.3 is 0 Å². The predicted molar refractivity (Wildman–Crippen MR) is 123 cm³/mol. The third-order valence-electron chi connectivity index (χ3n) is 4.53. The monoisotopic (exact) mass is 438 g/mol. The van der Waals surface area contributed by atoms with Crippen molar-refractivity contribution < 1.29 is 4.39 Å². The van der Waals surface area contributed by atoms with E-state index in [-0.39, 0.29) is 5.82 Å². The summed E-state index contributed by atoms with van der Waals surface area (Å²) >= 11 is 3.37. The molecule has 0 fully saturated rings. The highest BCUT2D eigenvalue weighted by atomic mass is 32.2. The number of thiazole rings is 1. The van der Waals surface area contributed by atoms with Crippen LogP contribution in [0.25, 0.3) is 27.5 Å². The van der Waals surface area contributed by atoms with Gasteiger partial charge >= 0.3 is 0 Å². The maximum atomic E-state index is 13.4. The quantitative estimate of drug-likeness (QED) is 0.328. The van der Waals surface area contributed by atoms with Crippen LogP contribution < -0.4 is 0 Å². The summed E-state index contributed by atoms with van der Waals surface area (Å²) < 4.78 is 16.4. The fraction of sp³-hybridized carbons (Fsp3) is 0.261. The van der Waals surface area contributed by atoms with Gasteiger partial charge in [-0.1, -0.05) is 25.2 Å². The zero-order valence-corrected chi connectivity index (χ0v) is 19.2. The summed E-state index contributed by atoms with van der Waals surface area (Å²) in [6.07, 6.45) is 2.03. The van der Waals surface area contributed by atoms with Gasteiger partial charge in [0.25, 0.3) is 0 Å². The molecule has 1 aromatic carbocycles. The lowest BCUT2D eigenvalue weighted by atomic mass is 10.1. The Hall–Kier alpha value is -2.51. The lowest BCUT2D eigenvalue weighted by Crippen LogP contribution is -1.94. The van der Waals surface area contributed by atoms with Crippen LogP contribution in [0.2, 0.25) is 0 Å². The number of hydrogen-bond donors (Lipinski definition) is 0. The van der Waals surface area contributed by atoms with Crippen LogP contribution in [0, 0.1) is 26.6 Å². The molecule has 7 heteroatoms. The average molecular weight is 439 g/mol. The van der Waals surface area contributed by atoms with E-state index in [0.717, 1.165) is 48.8 Å². The Labute approximate surface area is 184 Å². The molecule has 0 bridgehead atoms. The zero-order valence-electron chi connectivity index (χ0n) is 17.6. The molecule has 4 nitrogen and oxygen atoms in total. The molecule has 4 aromatic rings. The Morgan fingerprint density at radius 3 is 2.27 bits per heavy atom. The van der Waals surface area contributed by atoms with Crippen LogP contribution >= 0.6 is 23.1 Å². The number of rotatable bonds is 5. The van der Waals surface area contributed by atoms with Crippen molar-refractivity contribution in [3.8, 4) is 27.5 Å². The molecule has 30 heavy (non-hydrogen) atoms. The SMILES string of the molecule is Cc1cc(-c2cn(-c3nc(-c4ccc(F)cc4)c(SC(C)C)s3)nc2C)cc(C)n1. The first-order valence-electron chi connectivity index (χ1n) is 9.76. The van der Waals surface area contributed by atoms with E-state index in [1.165, 1.54) is 12.1 Å². The minimum atomic E-state index is -0.248. The minimum Gasteiger partial charge on any atom is -0.258 e. The van der Waals surface area contributed by atoms with Crippen LogP contribution in [0.3, 0.4) is 0 Å². The van der Waals surface area contributed by atoms with Crippen LogP contribution in [-0.4, -0.2) is 25.0 Å². The van der Waals surface area contributed by atoms with E-state index in [2.05, 4.69) is 31.0 Å². The van der Waals surface area contributed by atoms with E-state index in [1.807, 2.05) is 31.6 Å². The molecule has 4 rings (SSSR count). The standard InChI is InChI=1S/C23H23FN4S2/c1-13(2)29-22-21(17-6-8-19(24)9-7-17)26-23(30-22)28-12-20(16(5)27-28)18-10-14(3)25-15(4)11-18/h6-13H,1-5H3. The van der Waals surface area contributed by atoms with Gasteiger partial charge in [0, 0.05) is 34.0 Å². The zero-order chi connectivity index (χ0) is 21.4. The fourth-order valence-electron chi connectivity index (χ4n) is 3.31. The van der Waals surface area contributed by atoms with E-state index in [1.54, 1.807) is 35.2 Å². The van der Waals surface area contributed by atoms with Gasteiger partial charge in [-0.3, -0.25) is 4.98 Å². The van der Waals surface area contributed by atoms with Gasteiger partial charge in [-0.25, -0.2) is 14.1 Å². The summed E-state index contributed by atoms with van der Waals surface area (Å²) in [7, 11) is 0. The van der Waals surface area contributed by atoms with Crippen molar-refractivity contribution >= 4 is 23.1 Å². The maximum absolute atomic E-state index is 13.4. The number of halogens is 1. The van der Waals surface area contributed by atoms with Crippen LogP contribution in [0.15, 0.2) is 46.8 Å².